The number of anilines is 1. The van der Waals surface area contributed by atoms with E-state index < -0.39 is 0 Å². The number of nitrogens with one attached hydrogen (secondary N) is 1. The van der Waals surface area contributed by atoms with Gasteiger partial charge in [-0.25, -0.2) is 4.98 Å². The smallest absolute Gasteiger partial charge is 0.251 e. The van der Waals surface area contributed by atoms with Crippen LogP contribution in [0.15, 0.2) is 42.6 Å². The van der Waals surface area contributed by atoms with Crippen molar-refractivity contribution in [2.75, 3.05) is 5.73 Å². The molecule has 0 bridgehead atoms. The van der Waals surface area contributed by atoms with E-state index in [-0.39, 0.29) is 11.9 Å². The van der Waals surface area contributed by atoms with E-state index in [0.29, 0.717) is 11.4 Å². The van der Waals surface area contributed by atoms with Crippen molar-refractivity contribution >= 4 is 11.7 Å². The molecule has 0 fully saturated rings. The average Bonchev–Trinajstić information content (AvgIpc) is 2.47. The number of benzene rings is 1. The van der Waals surface area contributed by atoms with Gasteiger partial charge in [0.1, 0.15) is 5.82 Å². The Kier molecular flexibility index (Phi) is 3.37. The summed E-state index contributed by atoms with van der Waals surface area (Å²) in [5, 5.41) is 3.08. The fourth-order valence-electron chi connectivity index (χ4n) is 2.68. The molecule has 4 heteroatoms. The van der Waals surface area contributed by atoms with E-state index >= 15 is 0 Å². The van der Waals surface area contributed by atoms with Crippen molar-refractivity contribution in [2.45, 2.75) is 25.3 Å². The van der Waals surface area contributed by atoms with Crippen molar-refractivity contribution in [2.24, 2.45) is 0 Å². The molecule has 1 aliphatic carbocycles. The Labute approximate surface area is 118 Å². The van der Waals surface area contributed by atoms with E-state index in [2.05, 4.69) is 28.5 Å². The van der Waals surface area contributed by atoms with E-state index in [9.17, 15) is 4.79 Å². The van der Waals surface area contributed by atoms with Crippen LogP contribution in [0.25, 0.3) is 0 Å². The highest BCUT2D eigenvalue weighted by Crippen LogP contribution is 2.21. The van der Waals surface area contributed by atoms with Gasteiger partial charge in [-0.2, -0.15) is 0 Å². The van der Waals surface area contributed by atoms with Gasteiger partial charge in [0.2, 0.25) is 0 Å². The second kappa shape index (κ2) is 5.33. The molecule has 2 aromatic rings. The standard InChI is InChI=1S/C16H17N3O/c17-15-10-13(7-8-18-15)16(20)19-14-6-5-11-3-1-2-4-12(11)9-14/h1-4,7-8,10,14H,5-6,9H2,(H2,17,18)(H,19,20). The number of amides is 1. The van der Waals surface area contributed by atoms with Crippen LogP contribution in [-0.2, 0) is 12.8 Å². The molecule has 1 atom stereocenters. The van der Waals surface area contributed by atoms with Gasteiger partial charge in [0.05, 0.1) is 0 Å². The monoisotopic (exact) mass is 267 g/mol. The molecule has 1 unspecified atom stereocenters. The molecule has 0 aliphatic heterocycles. The molecule has 1 amide bonds. The molecular formula is C16H17N3O. The number of aryl methyl sites for hydroxylation is 1. The Balaban J connectivity index is 1.69. The number of nitrogens with zero attached hydrogens (tertiary/aromatic N) is 1. The summed E-state index contributed by atoms with van der Waals surface area (Å²) in [7, 11) is 0. The fraction of sp³-hybridized carbons (Fsp3) is 0.250. The molecule has 0 saturated carbocycles. The number of hydrogen-bond acceptors (Lipinski definition) is 3. The molecule has 0 spiro atoms. The van der Waals surface area contributed by atoms with Gasteiger partial charge in [0.25, 0.3) is 5.91 Å². The minimum Gasteiger partial charge on any atom is -0.384 e. The Morgan fingerprint density at radius 2 is 2.05 bits per heavy atom. The van der Waals surface area contributed by atoms with Gasteiger partial charge in [-0.15, -0.1) is 0 Å². The summed E-state index contributed by atoms with van der Waals surface area (Å²) >= 11 is 0. The van der Waals surface area contributed by atoms with Crippen molar-refractivity contribution in [3.63, 3.8) is 0 Å². The molecule has 4 nitrogen and oxygen atoms in total. The van der Waals surface area contributed by atoms with E-state index in [4.69, 9.17) is 5.73 Å². The molecule has 0 saturated heterocycles. The topological polar surface area (TPSA) is 68.0 Å². The zero-order chi connectivity index (χ0) is 13.9. The quantitative estimate of drug-likeness (QED) is 0.874. The maximum Gasteiger partial charge on any atom is 0.251 e. The van der Waals surface area contributed by atoms with Crippen molar-refractivity contribution < 1.29 is 4.79 Å². The first kappa shape index (κ1) is 12.7. The molecule has 0 radical (unpaired) electrons. The van der Waals surface area contributed by atoms with Gasteiger partial charge in [0.15, 0.2) is 0 Å². The van der Waals surface area contributed by atoms with Crippen LogP contribution in [0.5, 0.6) is 0 Å². The fourth-order valence-corrected chi connectivity index (χ4v) is 2.68. The summed E-state index contributed by atoms with van der Waals surface area (Å²) in [5.41, 5.74) is 8.89. The average molecular weight is 267 g/mol. The van der Waals surface area contributed by atoms with Crippen molar-refractivity contribution in [3.8, 4) is 0 Å². The Hall–Kier alpha value is -2.36. The summed E-state index contributed by atoms with van der Waals surface area (Å²) in [6, 6.07) is 11.9. The van der Waals surface area contributed by atoms with Crippen LogP contribution in [0.2, 0.25) is 0 Å². The van der Waals surface area contributed by atoms with Crippen LogP contribution in [0, 0.1) is 0 Å². The maximum absolute atomic E-state index is 12.2. The zero-order valence-electron chi connectivity index (χ0n) is 11.2. The largest absolute Gasteiger partial charge is 0.384 e. The second-order valence-electron chi connectivity index (χ2n) is 5.15. The Morgan fingerprint density at radius 3 is 2.85 bits per heavy atom. The number of nitrogens with two attached hydrogens (primary N) is 1. The van der Waals surface area contributed by atoms with Crippen LogP contribution in [0.1, 0.15) is 27.9 Å². The number of pyridine rings is 1. The summed E-state index contributed by atoms with van der Waals surface area (Å²) in [6.45, 7) is 0. The summed E-state index contributed by atoms with van der Waals surface area (Å²) < 4.78 is 0. The molecule has 102 valence electrons. The van der Waals surface area contributed by atoms with Crippen LogP contribution < -0.4 is 11.1 Å². The van der Waals surface area contributed by atoms with E-state index in [1.54, 1.807) is 18.3 Å². The lowest BCUT2D eigenvalue weighted by atomic mass is 9.88. The number of aromatic nitrogens is 1. The third-order valence-corrected chi connectivity index (χ3v) is 3.73. The van der Waals surface area contributed by atoms with Gasteiger partial charge in [0, 0.05) is 17.8 Å². The first-order valence-electron chi connectivity index (χ1n) is 6.81. The number of hydrogen-bond donors (Lipinski definition) is 2. The van der Waals surface area contributed by atoms with Gasteiger partial charge in [-0.3, -0.25) is 4.79 Å². The van der Waals surface area contributed by atoms with E-state index in [1.165, 1.54) is 11.1 Å². The minimum absolute atomic E-state index is 0.0801. The third kappa shape index (κ3) is 2.64. The third-order valence-electron chi connectivity index (χ3n) is 3.73. The molecule has 1 aliphatic rings. The first-order valence-corrected chi connectivity index (χ1v) is 6.81. The molecule has 1 heterocycles. The number of fused-ring (bicyclic) bond motifs is 1. The number of carbonyl (C=O) groups excluding carboxylic acids is 1. The van der Waals surface area contributed by atoms with E-state index in [1.807, 2.05) is 6.07 Å². The molecule has 3 rings (SSSR count). The van der Waals surface area contributed by atoms with Crippen LogP contribution in [-0.4, -0.2) is 16.9 Å². The predicted octanol–water partition coefficient (Wildman–Crippen LogP) is 1.95. The van der Waals surface area contributed by atoms with Gasteiger partial charge >= 0.3 is 0 Å². The molecular weight excluding hydrogens is 250 g/mol. The number of carbonyl (C=O) groups is 1. The van der Waals surface area contributed by atoms with Gasteiger partial charge in [-0.1, -0.05) is 24.3 Å². The normalized spacial score (nSPS) is 17.3. The van der Waals surface area contributed by atoms with Crippen molar-refractivity contribution in [3.05, 3.63) is 59.3 Å². The highest BCUT2D eigenvalue weighted by Gasteiger charge is 2.20. The summed E-state index contributed by atoms with van der Waals surface area (Å²) in [6.07, 6.45) is 4.44. The lowest BCUT2D eigenvalue weighted by molar-refractivity contribution is 0.0933. The maximum atomic E-state index is 12.2. The highest BCUT2D eigenvalue weighted by molar-refractivity contribution is 5.94. The number of rotatable bonds is 2. The molecule has 20 heavy (non-hydrogen) atoms. The second-order valence-corrected chi connectivity index (χ2v) is 5.15. The minimum atomic E-state index is -0.0801. The lowest BCUT2D eigenvalue weighted by Crippen LogP contribution is -2.38. The van der Waals surface area contributed by atoms with Gasteiger partial charge in [-0.05, 0) is 42.5 Å². The summed E-state index contributed by atoms with van der Waals surface area (Å²) in [5.74, 6) is 0.287. The number of nitrogen functional groups attached to an aromatic ring is 1. The molecule has 1 aromatic carbocycles. The van der Waals surface area contributed by atoms with Crippen LogP contribution in [0.4, 0.5) is 5.82 Å². The van der Waals surface area contributed by atoms with Crippen LogP contribution in [0.3, 0.4) is 0 Å². The zero-order valence-corrected chi connectivity index (χ0v) is 11.2. The van der Waals surface area contributed by atoms with E-state index in [0.717, 1.165) is 19.3 Å². The predicted molar refractivity (Wildman–Crippen MR) is 78.4 cm³/mol. The Morgan fingerprint density at radius 1 is 1.25 bits per heavy atom. The first-order chi connectivity index (χ1) is 9.72. The van der Waals surface area contributed by atoms with Crippen LogP contribution >= 0.6 is 0 Å². The molecule has 1 aromatic heterocycles. The SMILES string of the molecule is Nc1cc(C(=O)NC2CCc3ccccc3C2)ccn1. The highest BCUT2D eigenvalue weighted by atomic mass is 16.1. The summed E-state index contributed by atoms with van der Waals surface area (Å²) in [4.78, 5) is 16.1. The Bertz CT molecular complexity index is 639. The van der Waals surface area contributed by atoms with Crippen molar-refractivity contribution in [1.82, 2.24) is 10.3 Å². The molecule has 3 N–H and O–H groups in total. The lowest BCUT2D eigenvalue weighted by Gasteiger charge is -2.25. The van der Waals surface area contributed by atoms with Crippen molar-refractivity contribution in [1.29, 1.82) is 0 Å². The van der Waals surface area contributed by atoms with Gasteiger partial charge < -0.3 is 11.1 Å².